The molecule has 0 aliphatic carbocycles. The number of benzene rings is 1. The van der Waals surface area contributed by atoms with Crippen LogP contribution in [-0.2, 0) is 9.53 Å². The van der Waals surface area contributed by atoms with Crippen LogP contribution in [0.2, 0.25) is 0 Å². The molecule has 1 amide bonds. The fraction of sp³-hybridized carbons (Fsp3) is 0.412. The molecule has 1 aromatic rings. The average Bonchev–Trinajstić information content (AvgIpc) is 2.66. The number of thiocarbonyl (C=S) groups is 1. The number of nitrogens with one attached hydrogen (secondary N) is 1. The smallest absolute Gasteiger partial charge is 0.243 e. The predicted molar refractivity (Wildman–Crippen MR) is 111 cm³/mol. The average molecular weight is 415 g/mol. The van der Waals surface area contributed by atoms with Crippen LogP contribution >= 0.6 is 12.2 Å². The number of anilines is 2. The molecule has 0 atom stereocenters. The number of nitrogens with two attached hydrogens (primary N) is 2. The van der Waals surface area contributed by atoms with Gasteiger partial charge in [-0.2, -0.15) is 0 Å². The zero-order chi connectivity index (χ0) is 21.1. The largest absolute Gasteiger partial charge is 0.399 e. The summed E-state index contributed by atoms with van der Waals surface area (Å²) in [5.41, 5.74) is 8.26. The molecule has 1 aromatic carbocycles. The van der Waals surface area contributed by atoms with E-state index >= 15 is 0 Å². The van der Waals surface area contributed by atoms with Gasteiger partial charge in [0.25, 0.3) is 0 Å². The monoisotopic (exact) mass is 414 g/mol. The second-order valence-electron chi connectivity index (χ2n) is 5.87. The van der Waals surface area contributed by atoms with Crippen molar-refractivity contribution in [3.8, 4) is 0 Å². The number of methoxy groups -OCH3 is 1. The number of nitrogens with zero attached hydrogens (tertiary/aromatic N) is 3. The number of hydrogen-bond acceptors (Lipinski definition) is 8. The van der Waals surface area contributed by atoms with E-state index in [1.54, 1.807) is 31.3 Å². The van der Waals surface area contributed by atoms with E-state index in [0.717, 1.165) is 0 Å². The van der Waals surface area contributed by atoms with Gasteiger partial charge in [-0.1, -0.05) is 12.2 Å². The number of halogens is 1. The van der Waals surface area contributed by atoms with Crippen molar-refractivity contribution in [2.45, 2.75) is 0 Å². The molecule has 156 valence electrons. The highest BCUT2D eigenvalue weighted by molar-refractivity contribution is 7.78. The van der Waals surface area contributed by atoms with Crippen LogP contribution in [0.4, 0.5) is 15.8 Å². The molecule has 9 nitrogen and oxygen atoms in total. The third kappa shape index (κ3) is 6.93. The Labute approximate surface area is 169 Å². The Morgan fingerprint density at radius 3 is 2.68 bits per heavy atom. The predicted octanol–water partition coefficient (Wildman–Crippen LogP) is -0.286. The van der Waals surface area contributed by atoms with Crippen molar-refractivity contribution >= 4 is 35.0 Å². The standard InChI is InChI=1S/C15H21FN6O2S.C2H6O/c16-13-5-12(22(18)7-11(17)6-19-9-25)1-2-14(13)20-3-4-21(10-23)15(24)8-20;1-3-2/h1-2,5,7,9,23H,3-4,6,8,10,17-18H2,(H,19,25);1-2H3/b11-7-;. The zero-order valence-corrected chi connectivity index (χ0v) is 16.8. The Morgan fingerprint density at radius 2 is 2.14 bits per heavy atom. The highest BCUT2D eigenvalue weighted by Crippen LogP contribution is 2.25. The molecule has 0 radical (unpaired) electrons. The van der Waals surface area contributed by atoms with Gasteiger partial charge >= 0.3 is 0 Å². The van der Waals surface area contributed by atoms with Crippen molar-refractivity contribution < 1.29 is 19.0 Å². The lowest BCUT2D eigenvalue weighted by Crippen LogP contribution is -2.50. The van der Waals surface area contributed by atoms with E-state index in [1.807, 2.05) is 0 Å². The Bertz CT molecular complexity index is 691. The number of carbonyl (C=O) groups excluding carboxylic acids is 1. The maximum Gasteiger partial charge on any atom is 0.243 e. The quantitative estimate of drug-likeness (QED) is 0.271. The van der Waals surface area contributed by atoms with Crippen LogP contribution in [0.3, 0.4) is 0 Å². The van der Waals surface area contributed by atoms with Crippen LogP contribution in [0.5, 0.6) is 0 Å². The number of piperazine rings is 1. The summed E-state index contributed by atoms with van der Waals surface area (Å²) < 4.78 is 18.7. The number of rotatable bonds is 7. The number of aliphatic hydroxyl groups excluding tert-OH is 1. The normalized spacial score (nSPS) is 14.3. The Morgan fingerprint density at radius 1 is 1.46 bits per heavy atom. The van der Waals surface area contributed by atoms with Crippen molar-refractivity contribution in [1.29, 1.82) is 0 Å². The van der Waals surface area contributed by atoms with Crippen LogP contribution in [-0.4, -0.2) is 68.5 Å². The molecule has 28 heavy (non-hydrogen) atoms. The molecule has 1 fully saturated rings. The second kappa shape index (κ2) is 12.1. The molecule has 0 aromatic heterocycles. The second-order valence-corrected chi connectivity index (χ2v) is 6.11. The molecule has 0 spiro atoms. The highest BCUT2D eigenvalue weighted by atomic mass is 32.1. The maximum absolute atomic E-state index is 14.5. The van der Waals surface area contributed by atoms with Gasteiger partial charge < -0.3 is 30.7 Å². The first-order valence-corrected chi connectivity index (χ1v) is 8.85. The summed E-state index contributed by atoms with van der Waals surface area (Å²) in [4.78, 5) is 14.8. The van der Waals surface area contributed by atoms with E-state index in [2.05, 4.69) is 22.3 Å². The summed E-state index contributed by atoms with van der Waals surface area (Å²) in [7, 11) is 3.25. The lowest BCUT2D eigenvalue weighted by Gasteiger charge is -2.34. The summed E-state index contributed by atoms with van der Waals surface area (Å²) in [6.07, 6.45) is 1.46. The first-order chi connectivity index (χ1) is 13.4. The van der Waals surface area contributed by atoms with Crippen molar-refractivity contribution in [3.05, 3.63) is 35.9 Å². The molecule has 1 aliphatic heterocycles. The number of ether oxygens (including phenoxy) is 1. The molecule has 1 aliphatic rings. The van der Waals surface area contributed by atoms with Gasteiger partial charge in [-0.15, -0.1) is 0 Å². The van der Waals surface area contributed by atoms with Crippen molar-refractivity contribution in [2.24, 2.45) is 11.6 Å². The summed E-state index contributed by atoms with van der Waals surface area (Å²) >= 11 is 4.64. The first-order valence-electron chi connectivity index (χ1n) is 8.38. The minimum Gasteiger partial charge on any atom is -0.399 e. The van der Waals surface area contributed by atoms with E-state index in [-0.39, 0.29) is 19.2 Å². The summed E-state index contributed by atoms with van der Waals surface area (Å²) in [6, 6.07) is 4.47. The van der Waals surface area contributed by atoms with Crippen LogP contribution in [0.25, 0.3) is 0 Å². The molecule has 6 N–H and O–H groups in total. The van der Waals surface area contributed by atoms with Crippen molar-refractivity contribution in [2.75, 3.05) is 57.0 Å². The number of hydrazine groups is 1. The van der Waals surface area contributed by atoms with Gasteiger partial charge in [0.05, 0.1) is 30.0 Å². The van der Waals surface area contributed by atoms with E-state index in [1.165, 1.54) is 27.7 Å². The van der Waals surface area contributed by atoms with Gasteiger partial charge in [0.2, 0.25) is 5.91 Å². The van der Waals surface area contributed by atoms with Gasteiger partial charge in [-0.3, -0.25) is 9.80 Å². The van der Waals surface area contributed by atoms with E-state index in [9.17, 15) is 9.18 Å². The number of aliphatic hydroxyl groups is 1. The van der Waals surface area contributed by atoms with Gasteiger partial charge in [0.15, 0.2) is 0 Å². The molecule has 1 saturated heterocycles. The van der Waals surface area contributed by atoms with Crippen LogP contribution in [0.1, 0.15) is 0 Å². The van der Waals surface area contributed by atoms with E-state index in [4.69, 9.17) is 16.7 Å². The van der Waals surface area contributed by atoms with Gasteiger partial charge in [-0.25, -0.2) is 10.2 Å². The number of carbonyl (C=O) groups is 1. The fourth-order valence-corrected chi connectivity index (χ4v) is 2.52. The van der Waals surface area contributed by atoms with E-state index < -0.39 is 5.82 Å². The Hall–Kier alpha value is -2.47. The minimum absolute atomic E-state index is 0.0132. The first kappa shape index (κ1) is 23.6. The SMILES string of the molecule is COC.N/C(=C\N(N)c1ccc(N2CCN(CO)C(=O)C2)c(F)c1)CNC=S. The lowest BCUT2D eigenvalue weighted by molar-refractivity contribution is -0.134. The van der Waals surface area contributed by atoms with Crippen LogP contribution in [0, 0.1) is 5.82 Å². The topological polar surface area (TPSA) is 120 Å². The fourth-order valence-electron chi connectivity index (χ4n) is 2.43. The molecular weight excluding hydrogens is 387 g/mol. The molecule has 0 saturated carbocycles. The molecule has 0 unspecified atom stereocenters. The molecule has 2 rings (SSSR count). The van der Waals surface area contributed by atoms with Gasteiger partial charge in [0, 0.05) is 45.3 Å². The third-order valence-electron chi connectivity index (χ3n) is 3.75. The van der Waals surface area contributed by atoms with Crippen molar-refractivity contribution in [1.82, 2.24) is 10.2 Å². The number of amides is 1. The Kier molecular flexibility index (Phi) is 10.2. The van der Waals surface area contributed by atoms with Gasteiger partial charge in [-0.05, 0) is 12.1 Å². The van der Waals surface area contributed by atoms with Gasteiger partial charge in [0.1, 0.15) is 12.5 Å². The summed E-state index contributed by atoms with van der Waals surface area (Å²) in [5, 5.41) is 13.0. The third-order valence-corrected chi connectivity index (χ3v) is 3.92. The molecule has 11 heteroatoms. The minimum atomic E-state index is -0.498. The molecule has 1 heterocycles. The number of hydrogen-bond donors (Lipinski definition) is 4. The highest BCUT2D eigenvalue weighted by Gasteiger charge is 2.25. The van der Waals surface area contributed by atoms with Crippen LogP contribution in [0.15, 0.2) is 30.1 Å². The van der Waals surface area contributed by atoms with Crippen LogP contribution < -0.4 is 26.8 Å². The maximum atomic E-state index is 14.5. The summed E-state index contributed by atoms with van der Waals surface area (Å²) in [5.74, 6) is 5.12. The van der Waals surface area contributed by atoms with Crippen molar-refractivity contribution in [3.63, 3.8) is 0 Å². The summed E-state index contributed by atoms with van der Waals surface area (Å²) in [6.45, 7) is 0.785. The lowest BCUT2D eigenvalue weighted by atomic mass is 10.2. The molecule has 0 bridgehead atoms. The zero-order valence-electron chi connectivity index (χ0n) is 16.0. The van der Waals surface area contributed by atoms with E-state index in [0.29, 0.717) is 36.7 Å². The Balaban J connectivity index is 0.00000122. The molecular formula is C17H27FN6O3S.